The van der Waals surface area contributed by atoms with E-state index in [-0.39, 0.29) is 14.9 Å². The molecule has 0 heterocycles. The normalized spacial score (nSPS) is 1.33. The molecule has 0 aliphatic heterocycles. The van der Waals surface area contributed by atoms with Crippen LogP contribution in [0, 0.1) is 0 Å². The van der Waals surface area contributed by atoms with E-state index in [0.29, 0.717) is 0 Å². The number of rotatable bonds is 0. The van der Waals surface area contributed by atoms with Gasteiger partial charge in [0.25, 0.3) is 0 Å². The van der Waals surface area contributed by atoms with E-state index < -0.39 is 0 Å². The Morgan fingerprint density at radius 2 is 1.00 bits per heavy atom. The van der Waals surface area contributed by atoms with Gasteiger partial charge in [-0.15, -0.1) is 0 Å². The summed E-state index contributed by atoms with van der Waals surface area (Å²) in [7, 11) is 0. The quantitative estimate of drug-likeness (QED) is 0.458. The highest BCUT2D eigenvalue weighted by Crippen LogP contribution is 1.03. The van der Waals surface area contributed by atoms with Gasteiger partial charge in [-0.25, -0.2) is 0 Å². The van der Waals surface area contributed by atoms with E-state index >= 15 is 0 Å². The zero-order valence-corrected chi connectivity index (χ0v) is 3.56. The van der Waals surface area contributed by atoms with Crippen LogP contribution in [0.2, 0.25) is 0 Å². The summed E-state index contributed by atoms with van der Waals surface area (Å²) in [5.41, 5.74) is 0. The van der Waals surface area contributed by atoms with Gasteiger partial charge in [-0.3, -0.25) is 0 Å². The van der Waals surface area contributed by atoms with E-state index in [1.54, 1.807) is 0 Å². The fourth-order valence-electron chi connectivity index (χ4n) is 0. The summed E-state index contributed by atoms with van der Waals surface area (Å²) in [5, 5.41) is 0. The Hall–Kier alpha value is 0.110. The van der Waals surface area contributed by atoms with Crippen molar-refractivity contribution in [3.05, 3.63) is 0 Å². The number of thiocarbonyl (C=S) groups is 1. The van der Waals surface area contributed by atoms with Gasteiger partial charge in [0.2, 0.25) is 0 Å². The van der Waals surface area contributed by atoms with Crippen LogP contribution in [-0.4, -0.2) is 10.1 Å². The van der Waals surface area contributed by atoms with Gasteiger partial charge in [-0.2, -0.15) is 4.21 Å². The van der Waals surface area contributed by atoms with Crippen molar-refractivity contribution in [3.8, 4) is 0 Å². The summed E-state index contributed by atoms with van der Waals surface area (Å²) < 4.78 is 7.83. The van der Waals surface area contributed by atoms with Crippen molar-refractivity contribution in [2.24, 2.45) is 0 Å². The zero-order chi connectivity index (χ0) is 4.00. The van der Waals surface area contributed by atoms with E-state index in [1.807, 2.05) is 0 Å². The summed E-state index contributed by atoms with van der Waals surface area (Å²) in [6.07, 6.45) is 0. The summed E-state index contributed by atoms with van der Waals surface area (Å²) in [5.74, 6) is 2.83. The molecule has 0 rings (SSSR count). The average Bonchev–Trinajstić information content (AvgIpc) is 1.50. The standard InChI is InChI=1S/CH2S.2CH4.OS/c1-2;;;1-2/h1H2;2*1H4;. The van der Waals surface area contributed by atoms with Crippen LogP contribution in [0.3, 0.4) is 0 Å². The van der Waals surface area contributed by atoms with Gasteiger partial charge in [0.15, 0.2) is 12.5 Å². The molecule has 0 aromatic carbocycles. The molecule has 0 aromatic rings. The van der Waals surface area contributed by atoms with Crippen molar-refractivity contribution < 1.29 is 4.21 Å². The van der Waals surface area contributed by atoms with E-state index in [1.165, 1.54) is 0 Å². The summed E-state index contributed by atoms with van der Waals surface area (Å²) in [6, 6.07) is 0. The topological polar surface area (TPSA) is 17.1 Å². The molecule has 0 aromatic heterocycles. The van der Waals surface area contributed by atoms with Gasteiger partial charge in [0, 0.05) is 0 Å². The average molecular weight is 126 g/mol. The van der Waals surface area contributed by atoms with Crippen molar-refractivity contribution in [1.29, 1.82) is 0 Å². The van der Waals surface area contributed by atoms with Crippen molar-refractivity contribution in [3.63, 3.8) is 0 Å². The molecule has 0 amide bonds. The van der Waals surface area contributed by atoms with Gasteiger partial charge in [-0.1, -0.05) is 27.1 Å². The molecule has 0 spiro atoms. The monoisotopic (exact) mass is 126 g/mol. The third-order valence-corrected chi connectivity index (χ3v) is 0. The lowest BCUT2D eigenvalue weighted by atomic mass is 12.0. The van der Waals surface area contributed by atoms with Crippen molar-refractivity contribution in [1.82, 2.24) is 0 Å². The molecule has 40 valence electrons. The smallest absolute Gasteiger partial charge is 0.197 e. The third kappa shape index (κ3) is 3290. The van der Waals surface area contributed by atoms with Crippen LogP contribution in [-0.2, 0) is 12.5 Å². The fourth-order valence-corrected chi connectivity index (χ4v) is 0. The molecule has 1 nitrogen and oxygen atoms in total. The SMILES string of the molecule is C.C.C=S.O=S. The highest BCUT2D eigenvalue weighted by Gasteiger charge is 0.734. The molecule has 3 heteroatoms. The Morgan fingerprint density at radius 1 is 1.00 bits per heavy atom. The van der Waals surface area contributed by atoms with Gasteiger partial charge < -0.3 is 0 Å². The Bertz CT molecular complexity index is 10.8. The first-order valence-electron chi connectivity index (χ1n) is 0.455. The molecule has 0 unspecified atom stereocenters. The van der Waals surface area contributed by atoms with Crippen LogP contribution in [0.4, 0.5) is 0 Å². The predicted molar refractivity (Wildman–Crippen MR) is 36.3 cm³/mol. The summed E-state index contributed by atoms with van der Waals surface area (Å²) in [6.45, 7) is 0. The van der Waals surface area contributed by atoms with E-state index in [4.69, 9.17) is 4.21 Å². The third-order valence-electron chi connectivity index (χ3n) is 0. The van der Waals surface area contributed by atoms with Gasteiger partial charge in [0.1, 0.15) is 0 Å². The number of hydrogen-bond acceptors (Lipinski definition) is 3. The van der Waals surface area contributed by atoms with Gasteiger partial charge in [-0.05, 0) is 5.87 Å². The molecule has 0 bridgehead atoms. The molecule has 0 aliphatic carbocycles. The molecule has 0 N–H and O–H groups in total. The van der Waals surface area contributed by atoms with Crippen LogP contribution in [0.1, 0.15) is 14.9 Å². The highest BCUT2D eigenvalue weighted by atomic mass is 32.1. The van der Waals surface area contributed by atoms with Gasteiger partial charge >= 0.3 is 0 Å². The van der Waals surface area contributed by atoms with Gasteiger partial charge in [0.05, 0.1) is 0 Å². The molecule has 0 atom stereocenters. The van der Waals surface area contributed by atoms with E-state index in [2.05, 4.69) is 30.6 Å². The van der Waals surface area contributed by atoms with Crippen molar-refractivity contribution in [2.45, 2.75) is 14.9 Å². The van der Waals surface area contributed by atoms with Crippen LogP contribution < -0.4 is 0 Å². The minimum Gasteiger partial charge on any atom is -0.197 e. The van der Waals surface area contributed by atoms with Crippen LogP contribution in [0.15, 0.2) is 0 Å². The maximum absolute atomic E-state index is 7.83. The molecule has 0 saturated carbocycles. The van der Waals surface area contributed by atoms with Crippen molar-refractivity contribution >= 4 is 30.6 Å². The first-order valence-corrected chi connectivity index (χ1v) is 1.37. The molecule has 0 aliphatic rings. The maximum Gasteiger partial charge on any atom is 0.197 e. The first-order chi connectivity index (χ1) is 2.00. The fraction of sp³-hybridized carbons (Fsp3) is 0.667. The Kier molecular flexibility index (Phi) is 42600. The number of hydrogen-bond donors (Lipinski definition) is 0. The minimum absolute atomic E-state index is 0. The Balaban J connectivity index is -0.00000000500. The lowest BCUT2D eigenvalue weighted by molar-refractivity contribution is 0.702. The predicted octanol–water partition coefficient (Wildman–Crippen LogP) is 1.55. The second-order valence-electron chi connectivity index (χ2n) is 0. The Morgan fingerprint density at radius 3 is 1.00 bits per heavy atom. The largest absolute Gasteiger partial charge is 0.197 e. The summed E-state index contributed by atoms with van der Waals surface area (Å²) in [4.78, 5) is 0. The van der Waals surface area contributed by atoms with Crippen molar-refractivity contribution in [2.75, 3.05) is 0 Å². The van der Waals surface area contributed by atoms with E-state index in [0.717, 1.165) is 0 Å². The second kappa shape index (κ2) is 7130. The molecule has 0 radical (unpaired) electrons. The Labute approximate surface area is 50.3 Å². The zero-order valence-electron chi connectivity index (χ0n) is 1.93. The molecular formula is C3H10OS2. The first kappa shape index (κ1) is 35.8. The molecular weight excluding hydrogens is 116 g/mol. The second-order valence-corrected chi connectivity index (χ2v) is 0. The lowest BCUT2D eigenvalue weighted by Crippen LogP contribution is -0.894. The molecule has 0 fully saturated rings. The van der Waals surface area contributed by atoms with Crippen LogP contribution >= 0.6 is 12.2 Å². The summed E-state index contributed by atoms with van der Waals surface area (Å²) >= 11 is 6.67. The van der Waals surface area contributed by atoms with E-state index in [9.17, 15) is 0 Å². The lowest BCUT2D eigenvalue weighted by Gasteiger charge is -0.774. The minimum atomic E-state index is 0. The highest BCUT2D eigenvalue weighted by molar-refractivity contribution is 7.77. The molecule has 0 saturated heterocycles. The maximum atomic E-state index is 7.83. The van der Waals surface area contributed by atoms with Crippen LogP contribution in [0.5, 0.6) is 0 Å². The van der Waals surface area contributed by atoms with Crippen LogP contribution in [0.25, 0.3) is 0 Å². The molecule has 6 heavy (non-hydrogen) atoms.